The normalized spacial score (nSPS) is 21.8. The van der Waals surface area contributed by atoms with E-state index in [-0.39, 0.29) is 42.4 Å². The Labute approximate surface area is 188 Å². The van der Waals surface area contributed by atoms with Crippen LogP contribution in [-0.4, -0.2) is 47.3 Å². The van der Waals surface area contributed by atoms with Crippen molar-refractivity contribution in [2.75, 3.05) is 13.2 Å². The number of rotatable bonds is 5. The number of ketones is 1. The molecule has 0 saturated heterocycles. The molecule has 1 saturated carbocycles. The standard InChI is InChI=1S/C22H22F3N3O2.CH2O2/c1-21(22(24,25)12-30-11-20(26)28-21)16-8-13(2-6-17(16)23)9-19(29)18-7-5-15(10-27-18)14-3-4-14;2-1-3/h2,5-8,10,14H,3-4,9,11-12H2,1H3,(H2,26,28);1H,(H,2,3)/t21-;/m1./s1. The number of ether oxygens (including phenoxy) is 1. The van der Waals surface area contributed by atoms with Gasteiger partial charge in [-0.1, -0.05) is 12.1 Å². The van der Waals surface area contributed by atoms with Crippen molar-refractivity contribution >= 4 is 18.1 Å². The maximum Gasteiger partial charge on any atom is 0.299 e. The molecule has 1 fully saturated rings. The predicted octanol–water partition coefficient (Wildman–Crippen LogP) is 3.46. The number of halogens is 3. The Morgan fingerprint density at radius 3 is 2.61 bits per heavy atom. The molecule has 0 amide bonds. The van der Waals surface area contributed by atoms with Gasteiger partial charge in [-0.2, -0.15) is 0 Å². The number of aromatic nitrogens is 1. The van der Waals surface area contributed by atoms with Crippen molar-refractivity contribution < 1.29 is 32.6 Å². The zero-order valence-corrected chi connectivity index (χ0v) is 17.9. The lowest BCUT2D eigenvalue weighted by molar-refractivity contribution is -0.122. The van der Waals surface area contributed by atoms with Gasteiger partial charge in [0.15, 0.2) is 11.3 Å². The molecule has 2 aliphatic rings. The highest BCUT2D eigenvalue weighted by Crippen LogP contribution is 2.44. The van der Waals surface area contributed by atoms with Crippen molar-refractivity contribution in [1.29, 1.82) is 0 Å². The summed E-state index contributed by atoms with van der Waals surface area (Å²) >= 11 is 0. The summed E-state index contributed by atoms with van der Waals surface area (Å²) in [5.74, 6) is -4.23. The number of aliphatic imine (C=N–C) groups is 1. The van der Waals surface area contributed by atoms with Crippen LogP contribution in [0.25, 0.3) is 0 Å². The van der Waals surface area contributed by atoms with Crippen LogP contribution in [0.2, 0.25) is 0 Å². The van der Waals surface area contributed by atoms with Crippen LogP contribution in [0, 0.1) is 5.82 Å². The second-order valence-corrected chi connectivity index (χ2v) is 8.14. The SMILES string of the molecule is C[C@]1(c2cc(CC(=O)c3ccc(C4CC4)cn3)ccc2F)N=C(N)COCC1(F)F.O=CO. The fourth-order valence-corrected chi connectivity index (χ4v) is 3.64. The fourth-order valence-electron chi connectivity index (χ4n) is 3.64. The zero-order valence-electron chi connectivity index (χ0n) is 17.9. The molecular weight excluding hydrogens is 439 g/mol. The van der Waals surface area contributed by atoms with E-state index in [9.17, 15) is 18.0 Å². The number of carbonyl (C=O) groups excluding carboxylic acids is 1. The van der Waals surface area contributed by atoms with Gasteiger partial charge in [0.05, 0.1) is 0 Å². The molecule has 0 unspecified atom stereocenters. The van der Waals surface area contributed by atoms with E-state index in [1.807, 2.05) is 6.07 Å². The van der Waals surface area contributed by atoms with Crippen molar-refractivity contribution in [3.8, 4) is 0 Å². The molecule has 176 valence electrons. The first-order chi connectivity index (χ1) is 15.6. The Balaban J connectivity index is 0.000000968. The fraction of sp³-hybridized carbons (Fsp3) is 0.391. The summed E-state index contributed by atoms with van der Waals surface area (Å²) in [4.78, 5) is 29.1. The van der Waals surface area contributed by atoms with Gasteiger partial charge in [0.1, 0.15) is 30.6 Å². The average molecular weight is 463 g/mol. The molecular formula is C23H24F3N3O4. The lowest BCUT2D eigenvalue weighted by atomic mass is 9.84. The van der Waals surface area contributed by atoms with Crippen molar-refractivity contribution in [2.45, 2.75) is 43.6 Å². The third-order valence-electron chi connectivity index (χ3n) is 5.65. The highest BCUT2D eigenvalue weighted by molar-refractivity contribution is 5.95. The van der Waals surface area contributed by atoms with Gasteiger partial charge in [-0.15, -0.1) is 0 Å². The molecule has 33 heavy (non-hydrogen) atoms. The summed E-state index contributed by atoms with van der Waals surface area (Å²) in [6.45, 7) is -0.322. The van der Waals surface area contributed by atoms with Crippen LogP contribution in [0.4, 0.5) is 13.2 Å². The van der Waals surface area contributed by atoms with Crippen molar-refractivity contribution in [3.05, 3.63) is 64.7 Å². The molecule has 0 spiro atoms. The lowest BCUT2D eigenvalue weighted by Crippen LogP contribution is -2.45. The minimum Gasteiger partial charge on any atom is -0.483 e. The summed E-state index contributed by atoms with van der Waals surface area (Å²) in [7, 11) is 0. The molecule has 7 nitrogen and oxygen atoms in total. The number of nitrogens with zero attached hydrogens (tertiary/aromatic N) is 2. The molecule has 0 radical (unpaired) electrons. The van der Waals surface area contributed by atoms with Gasteiger partial charge in [-0.05, 0) is 55.0 Å². The summed E-state index contributed by atoms with van der Waals surface area (Å²) in [5.41, 5.74) is 4.86. The molecule has 3 N–H and O–H groups in total. The first-order valence-corrected chi connectivity index (χ1v) is 10.3. The molecule has 1 atom stereocenters. The van der Waals surface area contributed by atoms with E-state index in [4.69, 9.17) is 20.4 Å². The number of carboxylic acid groups (broad SMARTS) is 1. The van der Waals surface area contributed by atoms with E-state index in [0.717, 1.165) is 31.4 Å². The summed E-state index contributed by atoms with van der Waals surface area (Å²) < 4.78 is 49.1. The van der Waals surface area contributed by atoms with Gasteiger partial charge in [0.2, 0.25) is 0 Å². The molecule has 1 aromatic carbocycles. The summed E-state index contributed by atoms with van der Waals surface area (Å²) in [5, 5.41) is 6.89. The van der Waals surface area contributed by atoms with Crippen LogP contribution >= 0.6 is 0 Å². The third-order valence-corrected chi connectivity index (χ3v) is 5.65. The van der Waals surface area contributed by atoms with Crippen molar-refractivity contribution in [2.24, 2.45) is 10.7 Å². The van der Waals surface area contributed by atoms with Gasteiger partial charge in [-0.3, -0.25) is 19.6 Å². The van der Waals surface area contributed by atoms with Gasteiger partial charge in [0, 0.05) is 18.2 Å². The number of nitrogens with two attached hydrogens (primary N) is 1. The average Bonchev–Trinajstić information content (AvgIpc) is 3.61. The molecule has 1 aromatic heterocycles. The Kier molecular flexibility index (Phi) is 7.16. The van der Waals surface area contributed by atoms with Crippen LogP contribution in [-0.2, 0) is 21.5 Å². The van der Waals surface area contributed by atoms with Crippen LogP contribution in [0.5, 0.6) is 0 Å². The van der Waals surface area contributed by atoms with E-state index in [0.29, 0.717) is 11.5 Å². The number of amidine groups is 1. The monoisotopic (exact) mass is 463 g/mol. The van der Waals surface area contributed by atoms with Crippen LogP contribution in [0.1, 0.15) is 52.9 Å². The first-order valence-electron chi connectivity index (χ1n) is 10.3. The maximum absolute atomic E-state index is 14.8. The number of alkyl halides is 2. The van der Waals surface area contributed by atoms with Crippen molar-refractivity contribution in [1.82, 2.24) is 4.98 Å². The molecule has 2 heterocycles. The van der Waals surface area contributed by atoms with E-state index >= 15 is 0 Å². The Bertz CT molecular complexity index is 1060. The minimum atomic E-state index is -3.49. The highest BCUT2D eigenvalue weighted by atomic mass is 19.3. The first kappa shape index (κ1) is 24.4. The van der Waals surface area contributed by atoms with E-state index in [2.05, 4.69) is 9.98 Å². The Hall–Kier alpha value is -3.27. The molecule has 4 rings (SSSR count). The van der Waals surface area contributed by atoms with Crippen LogP contribution in [0.3, 0.4) is 0 Å². The largest absolute Gasteiger partial charge is 0.483 e. The quantitative estimate of drug-likeness (QED) is 0.518. The molecule has 1 aliphatic heterocycles. The lowest BCUT2D eigenvalue weighted by Gasteiger charge is -2.33. The second-order valence-electron chi connectivity index (χ2n) is 8.14. The highest BCUT2D eigenvalue weighted by Gasteiger charge is 2.54. The number of hydrogen-bond acceptors (Lipinski definition) is 6. The van der Waals surface area contributed by atoms with Gasteiger partial charge < -0.3 is 15.6 Å². The molecule has 2 aromatic rings. The second kappa shape index (κ2) is 9.70. The number of hydrogen-bond donors (Lipinski definition) is 2. The van der Waals surface area contributed by atoms with E-state index in [1.165, 1.54) is 12.1 Å². The minimum absolute atomic E-state index is 0.0968. The van der Waals surface area contributed by atoms with Gasteiger partial charge in [0.25, 0.3) is 12.4 Å². The molecule has 10 heteroatoms. The summed E-state index contributed by atoms with van der Waals surface area (Å²) in [6, 6.07) is 7.28. The number of benzene rings is 1. The number of Topliss-reactive ketones (excluding diaryl/α,β-unsaturated/α-hetero) is 1. The van der Waals surface area contributed by atoms with E-state index in [1.54, 1.807) is 12.3 Å². The number of pyridine rings is 1. The van der Waals surface area contributed by atoms with E-state index < -0.39 is 23.9 Å². The van der Waals surface area contributed by atoms with Gasteiger partial charge in [-0.25, -0.2) is 13.2 Å². The van der Waals surface area contributed by atoms with Crippen molar-refractivity contribution in [3.63, 3.8) is 0 Å². The Morgan fingerprint density at radius 2 is 2.00 bits per heavy atom. The van der Waals surface area contributed by atoms with Crippen LogP contribution < -0.4 is 5.73 Å². The van der Waals surface area contributed by atoms with Crippen LogP contribution in [0.15, 0.2) is 41.5 Å². The van der Waals surface area contributed by atoms with Gasteiger partial charge >= 0.3 is 0 Å². The Morgan fingerprint density at radius 1 is 1.30 bits per heavy atom. The summed E-state index contributed by atoms with van der Waals surface area (Å²) in [6.07, 6.45) is 3.87. The predicted molar refractivity (Wildman–Crippen MR) is 114 cm³/mol. The topological polar surface area (TPSA) is 115 Å². The smallest absolute Gasteiger partial charge is 0.299 e. The molecule has 0 bridgehead atoms. The zero-order chi connectivity index (χ0) is 24.2. The maximum atomic E-state index is 14.8. The molecule has 1 aliphatic carbocycles. The number of carbonyl (C=O) groups is 2. The third kappa shape index (κ3) is 5.39.